The number of aliphatic hydroxyl groups is 1. The fourth-order valence-corrected chi connectivity index (χ4v) is 1.65. The van der Waals surface area contributed by atoms with E-state index in [1.165, 1.54) is 11.3 Å². The first-order valence-corrected chi connectivity index (χ1v) is 5.37. The molecular weight excluding hydrogens is 200 g/mol. The number of rotatable bonds is 3. The third-order valence-corrected chi connectivity index (χ3v) is 2.90. The quantitative estimate of drug-likeness (QED) is 0.852. The third-order valence-electron chi connectivity index (χ3n) is 2.90. The van der Waals surface area contributed by atoms with Crippen molar-refractivity contribution in [2.75, 3.05) is 0 Å². The predicted molar refractivity (Wildman–Crippen MR) is 63.2 cm³/mol. The number of aliphatic hydroxyl groups excluding tert-OH is 1. The van der Waals surface area contributed by atoms with Gasteiger partial charge in [-0.1, -0.05) is 24.3 Å². The summed E-state index contributed by atoms with van der Waals surface area (Å²) in [6, 6.07) is 7.99. The Bertz CT molecular complexity index is 471. The summed E-state index contributed by atoms with van der Waals surface area (Å²) in [5, 5.41) is 8.95. The van der Waals surface area contributed by atoms with E-state index in [1.807, 2.05) is 37.5 Å². The Balaban J connectivity index is 2.17. The van der Waals surface area contributed by atoms with Gasteiger partial charge in [0.05, 0.1) is 18.6 Å². The Morgan fingerprint density at radius 3 is 2.25 bits per heavy atom. The molecule has 0 radical (unpaired) electrons. The topological polar surface area (TPSA) is 38.0 Å². The van der Waals surface area contributed by atoms with Crippen molar-refractivity contribution in [3.63, 3.8) is 0 Å². The van der Waals surface area contributed by atoms with E-state index in [1.54, 1.807) is 0 Å². The van der Waals surface area contributed by atoms with Crippen LogP contribution in [-0.2, 0) is 13.2 Å². The van der Waals surface area contributed by atoms with Gasteiger partial charge in [-0.3, -0.25) is 0 Å². The van der Waals surface area contributed by atoms with Crippen molar-refractivity contribution in [3.8, 4) is 0 Å². The summed E-state index contributed by atoms with van der Waals surface area (Å²) in [6.07, 6.45) is 1.87. The lowest BCUT2D eigenvalue weighted by Gasteiger charge is -2.06. The van der Waals surface area contributed by atoms with Crippen LogP contribution in [0, 0.1) is 13.8 Å². The van der Waals surface area contributed by atoms with Crippen molar-refractivity contribution in [3.05, 3.63) is 53.1 Å². The Hall–Kier alpha value is -1.61. The van der Waals surface area contributed by atoms with E-state index in [2.05, 4.69) is 16.5 Å². The van der Waals surface area contributed by atoms with Crippen LogP contribution in [0.15, 0.2) is 30.6 Å². The lowest BCUT2D eigenvalue weighted by Crippen LogP contribution is -2.00. The van der Waals surface area contributed by atoms with Crippen LogP contribution in [-0.4, -0.2) is 14.7 Å². The molecule has 2 rings (SSSR count). The van der Waals surface area contributed by atoms with Crippen LogP contribution >= 0.6 is 0 Å². The number of hydrogen-bond donors (Lipinski definition) is 1. The molecule has 0 saturated heterocycles. The fraction of sp³-hybridized carbons (Fsp3) is 0.308. The highest BCUT2D eigenvalue weighted by atomic mass is 16.3. The summed E-state index contributed by atoms with van der Waals surface area (Å²) in [4.78, 5) is 4.27. The van der Waals surface area contributed by atoms with Crippen LogP contribution in [0.1, 0.15) is 22.5 Å². The Labute approximate surface area is 95.4 Å². The van der Waals surface area contributed by atoms with E-state index in [-0.39, 0.29) is 6.61 Å². The van der Waals surface area contributed by atoms with Gasteiger partial charge in [0.1, 0.15) is 0 Å². The van der Waals surface area contributed by atoms with E-state index in [0.29, 0.717) is 0 Å². The van der Waals surface area contributed by atoms with Gasteiger partial charge >= 0.3 is 0 Å². The minimum Gasteiger partial charge on any atom is -0.392 e. The van der Waals surface area contributed by atoms with Crippen molar-refractivity contribution in [1.29, 1.82) is 0 Å². The average Bonchev–Trinajstić information content (AvgIpc) is 2.62. The molecule has 0 aliphatic heterocycles. The zero-order valence-electron chi connectivity index (χ0n) is 9.64. The number of benzene rings is 1. The second-order valence-electron chi connectivity index (χ2n) is 4.02. The molecule has 16 heavy (non-hydrogen) atoms. The van der Waals surface area contributed by atoms with Crippen molar-refractivity contribution < 1.29 is 5.11 Å². The maximum absolute atomic E-state index is 8.95. The smallest absolute Gasteiger partial charge is 0.0954 e. The molecule has 1 aromatic carbocycles. The van der Waals surface area contributed by atoms with Gasteiger partial charge < -0.3 is 9.67 Å². The fourth-order valence-electron chi connectivity index (χ4n) is 1.65. The van der Waals surface area contributed by atoms with Crippen molar-refractivity contribution in [1.82, 2.24) is 9.55 Å². The van der Waals surface area contributed by atoms with E-state index < -0.39 is 0 Å². The van der Waals surface area contributed by atoms with Crippen LogP contribution in [0.25, 0.3) is 0 Å². The largest absolute Gasteiger partial charge is 0.392 e. The van der Waals surface area contributed by atoms with Gasteiger partial charge in [0.15, 0.2) is 0 Å². The first kappa shape index (κ1) is 10.9. The number of aromatic nitrogens is 2. The van der Waals surface area contributed by atoms with Crippen molar-refractivity contribution in [2.45, 2.75) is 27.0 Å². The SMILES string of the molecule is Cc1ncn(Cc2ccc(CO)cc2)c1C. The standard InChI is InChI=1S/C13H16N2O/c1-10-11(2)15(9-14-10)7-12-3-5-13(8-16)6-4-12/h3-6,9,16H,7-8H2,1-2H3. The maximum atomic E-state index is 8.95. The predicted octanol–water partition coefficient (Wildman–Crippen LogP) is 2.04. The highest BCUT2D eigenvalue weighted by Crippen LogP contribution is 2.10. The molecule has 1 heterocycles. The normalized spacial score (nSPS) is 10.7. The molecule has 0 unspecified atom stereocenters. The monoisotopic (exact) mass is 216 g/mol. The van der Waals surface area contributed by atoms with Crippen LogP contribution in [0.2, 0.25) is 0 Å². The molecule has 1 aromatic heterocycles. The van der Waals surface area contributed by atoms with Gasteiger partial charge in [-0.15, -0.1) is 0 Å². The molecule has 0 bridgehead atoms. The number of aryl methyl sites for hydroxylation is 1. The molecule has 0 aliphatic carbocycles. The lowest BCUT2D eigenvalue weighted by molar-refractivity contribution is 0.282. The molecular formula is C13H16N2O. The first-order valence-electron chi connectivity index (χ1n) is 5.37. The molecule has 0 saturated carbocycles. The molecule has 1 N–H and O–H groups in total. The third kappa shape index (κ3) is 2.14. The highest BCUT2D eigenvalue weighted by Gasteiger charge is 2.02. The van der Waals surface area contributed by atoms with E-state index in [9.17, 15) is 0 Å². The lowest BCUT2D eigenvalue weighted by atomic mass is 10.1. The molecule has 84 valence electrons. The summed E-state index contributed by atoms with van der Waals surface area (Å²) in [7, 11) is 0. The van der Waals surface area contributed by atoms with Crippen LogP contribution < -0.4 is 0 Å². The molecule has 0 fully saturated rings. The van der Waals surface area contributed by atoms with Gasteiger partial charge in [-0.25, -0.2) is 4.98 Å². The molecule has 0 atom stereocenters. The van der Waals surface area contributed by atoms with Crippen LogP contribution in [0.4, 0.5) is 0 Å². The number of hydrogen-bond acceptors (Lipinski definition) is 2. The number of nitrogens with zero attached hydrogens (tertiary/aromatic N) is 2. The van der Waals surface area contributed by atoms with Gasteiger partial charge in [0.25, 0.3) is 0 Å². The summed E-state index contributed by atoms with van der Waals surface area (Å²) in [6.45, 7) is 5.02. The Morgan fingerprint density at radius 1 is 1.12 bits per heavy atom. The molecule has 3 nitrogen and oxygen atoms in total. The first-order chi connectivity index (χ1) is 7.70. The van der Waals surface area contributed by atoms with Gasteiger partial charge in [-0.2, -0.15) is 0 Å². The summed E-state index contributed by atoms with van der Waals surface area (Å²) >= 11 is 0. The zero-order valence-corrected chi connectivity index (χ0v) is 9.64. The second-order valence-corrected chi connectivity index (χ2v) is 4.02. The Morgan fingerprint density at radius 2 is 1.75 bits per heavy atom. The Kier molecular flexibility index (Phi) is 3.06. The minimum atomic E-state index is 0.101. The second kappa shape index (κ2) is 4.49. The molecule has 2 aromatic rings. The van der Waals surface area contributed by atoms with E-state index >= 15 is 0 Å². The molecule has 3 heteroatoms. The average molecular weight is 216 g/mol. The van der Waals surface area contributed by atoms with Crippen molar-refractivity contribution in [2.24, 2.45) is 0 Å². The van der Waals surface area contributed by atoms with E-state index in [4.69, 9.17) is 5.11 Å². The van der Waals surface area contributed by atoms with Crippen molar-refractivity contribution >= 4 is 0 Å². The summed E-state index contributed by atoms with van der Waals surface area (Å²) in [5.74, 6) is 0. The minimum absolute atomic E-state index is 0.101. The maximum Gasteiger partial charge on any atom is 0.0954 e. The van der Waals surface area contributed by atoms with E-state index in [0.717, 1.165) is 17.8 Å². The van der Waals surface area contributed by atoms with Crippen LogP contribution in [0.5, 0.6) is 0 Å². The van der Waals surface area contributed by atoms with Gasteiger partial charge in [0.2, 0.25) is 0 Å². The highest BCUT2D eigenvalue weighted by molar-refractivity contribution is 5.23. The summed E-state index contributed by atoms with van der Waals surface area (Å²) < 4.78 is 2.13. The molecule has 0 amide bonds. The zero-order chi connectivity index (χ0) is 11.5. The number of imidazole rings is 1. The molecule has 0 aliphatic rings. The van der Waals surface area contributed by atoms with Crippen LogP contribution in [0.3, 0.4) is 0 Å². The van der Waals surface area contributed by atoms with Gasteiger partial charge in [0, 0.05) is 12.2 Å². The molecule has 0 spiro atoms. The van der Waals surface area contributed by atoms with Gasteiger partial charge in [-0.05, 0) is 25.0 Å². The summed E-state index contributed by atoms with van der Waals surface area (Å²) in [5.41, 5.74) is 4.44.